The summed E-state index contributed by atoms with van der Waals surface area (Å²) in [6.45, 7) is 5.76. The van der Waals surface area contributed by atoms with Gasteiger partial charge in [-0.15, -0.1) is 0 Å². The van der Waals surface area contributed by atoms with Crippen LogP contribution in [0.2, 0.25) is 5.02 Å². The molecule has 1 aromatic heterocycles. The Morgan fingerprint density at radius 2 is 2.00 bits per heavy atom. The largest absolute Gasteiger partial charge is 0.413 e. The molecule has 2 rings (SSSR count). The van der Waals surface area contributed by atoms with E-state index in [0.717, 1.165) is 6.42 Å². The Morgan fingerprint density at radius 1 is 1.26 bits per heavy atom. The van der Waals surface area contributed by atoms with Gasteiger partial charge in [0.2, 0.25) is 5.88 Å². The number of hydrogen-bond acceptors (Lipinski definition) is 5. The number of nitrogens with one attached hydrogen (secondary N) is 2. The minimum atomic E-state index is -0.694. The van der Waals surface area contributed by atoms with Crippen molar-refractivity contribution in [1.82, 2.24) is 10.3 Å². The molecule has 0 bridgehead atoms. The van der Waals surface area contributed by atoms with Gasteiger partial charge in [-0.3, -0.25) is 4.79 Å². The second-order valence-electron chi connectivity index (χ2n) is 5.78. The molecule has 0 fully saturated rings. The summed E-state index contributed by atoms with van der Waals surface area (Å²) in [5.41, 5.74) is 1.79. The number of hydrogen-bond donors (Lipinski definition) is 2. The number of benzene rings is 1. The lowest BCUT2D eigenvalue weighted by molar-refractivity contribution is 0.102. The summed E-state index contributed by atoms with van der Waals surface area (Å²) >= 11 is 6.09. The number of halogens is 1. The lowest BCUT2D eigenvalue weighted by Gasteiger charge is -2.14. The van der Waals surface area contributed by atoms with Crippen LogP contribution in [0.5, 0.6) is 5.88 Å². The van der Waals surface area contributed by atoms with Gasteiger partial charge < -0.3 is 15.4 Å². The molecule has 0 saturated heterocycles. The van der Waals surface area contributed by atoms with Gasteiger partial charge in [0.05, 0.1) is 11.3 Å². The van der Waals surface area contributed by atoms with Crippen LogP contribution in [-0.2, 0) is 0 Å². The monoisotopic (exact) mass is 386 g/mol. The van der Waals surface area contributed by atoms with Crippen molar-refractivity contribution >= 4 is 29.3 Å². The predicted molar refractivity (Wildman–Crippen MR) is 102 cm³/mol. The smallest absolute Gasteiger partial charge is 0.390 e. The van der Waals surface area contributed by atoms with Crippen molar-refractivity contribution in [3.05, 3.63) is 51.7 Å². The Labute approximate surface area is 162 Å². The summed E-state index contributed by atoms with van der Waals surface area (Å²) in [6, 6.07) is 8.26. The molecular formula is C19H19ClN4O3. The normalized spacial score (nSPS) is 10.0. The minimum absolute atomic E-state index is 0.0653. The van der Waals surface area contributed by atoms with Crippen LogP contribution in [0.1, 0.15) is 40.5 Å². The van der Waals surface area contributed by atoms with E-state index in [2.05, 4.69) is 15.6 Å². The zero-order chi connectivity index (χ0) is 20.0. The van der Waals surface area contributed by atoms with E-state index in [0.29, 0.717) is 28.5 Å². The van der Waals surface area contributed by atoms with E-state index in [1.165, 1.54) is 12.1 Å². The molecule has 27 heavy (non-hydrogen) atoms. The zero-order valence-electron chi connectivity index (χ0n) is 15.2. The molecule has 0 atom stereocenters. The summed E-state index contributed by atoms with van der Waals surface area (Å²) in [7, 11) is 0. The maximum atomic E-state index is 12.8. The highest BCUT2D eigenvalue weighted by Gasteiger charge is 2.20. The van der Waals surface area contributed by atoms with Crippen molar-refractivity contribution in [2.45, 2.75) is 27.2 Å². The Balaban J connectivity index is 2.34. The fourth-order valence-corrected chi connectivity index (χ4v) is 2.41. The van der Waals surface area contributed by atoms with Gasteiger partial charge in [0, 0.05) is 17.3 Å². The molecule has 0 aliphatic rings. The van der Waals surface area contributed by atoms with Crippen LogP contribution in [0.4, 0.5) is 10.5 Å². The molecule has 2 amide bonds. The molecule has 0 aliphatic carbocycles. The van der Waals surface area contributed by atoms with Crippen LogP contribution in [-0.4, -0.2) is 23.5 Å². The number of ether oxygens (including phenoxy) is 1. The third-order valence-corrected chi connectivity index (χ3v) is 4.12. The molecule has 0 unspecified atom stereocenters. The van der Waals surface area contributed by atoms with E-state index < -0.39 is 12.0 Å². The quantitative estimate of drug-likeness (QED) is 0.808. The summed E-state index contributed by atoms with van der Waals surface area (Å²) in [5, 5.41) is 14.9. The van der Waals surface area contributed by atoms with Gasteiger partial charge in [0.25, 0.3) is 5.91 Å². The molecule has 0 spiro atoms. The first-order valence-corrected chi connectivity index (χ1v) is 8.69. The Morgan fingerprint density at radius 3 is 2.67 bits per heavy atom. The number of carbonyl (C=O) groups is 2. The van der Waals surface area contributed by atoms with Gasteiger partial charge in [0.1, 0.15) is 11.6 Å². The number of aryl methyl sites for hydroxylation is 1. The van der Waals surface area contributed by atoms with Gasteiger partial charge in [0.15, 0.2) is 0 Å². The van der Waals surface area contributed by atoms with Gasteiger partial charge in [-0.25, -0.2) is 9.78 Å². The first-order chi connectivity index (χ1) is 12.9. The maximum absolute atomic E-state index is 12.8. The maximum Gasteiger partial charge on any atom is 0.413 e. The molecule has 0 aliphatic heterocycles. The van der Waals surface area contributed by atoms with Crippen molar-refractivity contribution in [2.75, 3.05) is 11.9 Å². The summed E-state index contributed by atoms with van der Waals surface area (Å²) in [4.78, 5) is 28.7. The summed E-state index contributed by atoms with van der Waals surface area (Å²) in [5.74, 6) is -0.679. The van der Waals surface area contributed by atoms with E-state index in [9.17, 15) is 14.9 Å². The van der Waals surface area contributed by atoms with Gasteiger partial charge in [-0.1, -0.05) is 18.5 Å². The number of amides is 2. The standard InChI is InChI=1S/C19H19ClN4O3/c1-4-9-22-19(26)27-18-14(7-5-11(2)23-18)17(25)24-16-12(3)15(20)8-6-13(16)10-21/h5-8H,4,9H2,1-3H3,(H,22,26)(H,24,25). The fourth-order valence-electron chi connectivity index (χ4n) is 2.26. The van der Waals surface area contributed by atoms with E-state index in [4.69, 9.17) is 16.3 Å². The average Bonchev–Trinajstić information content (AvgIpc) is 2.64. The first-order valence-electron chi connectivity index (χ1n) is 8.31. The number of nitriles is 1. The van der Waals surface area contributed by atoms with Crippen molar-refractivity contribution < 1.29 is 14.3 Å². The summed E-state index contributed by atoms with van der Waals surface area (Å²) < 4.78 is 5.18. The van der Waals surface area contributed by atoms with E-state index >= 15 is 0 Å². The highest BCUT2D eigenvalue weighted by atomic mass is 35.5. The van der Waals surface area contributed by atoms with Crippen molar-refractivity contribution in [1.29, 1.82) is 5.26 Å². The van der Waals surface area contributed by atoms with E-state index in [-0.39, 0.29) is 17.0 Å². The molecule has 0 radical (unpaired) electrons. The van der Waals surface area contributed by atoms with Crippen molar-refractivity contribution in [2.24, 2.45) is 0 Å². The van der Waals surface area contributed by atoms with E-state index in [1.54, 1.807) is 26.0 Å². The number of pyridine rings is 1. The second kappa shape index (κ2) is 9.01. The molecular weight excluding hydrogens is 368 g/mol. The molecule has 140 valence electrons. The zero-order valence-corrected chi connectivity index (χ0v) is 16.0. The third kappa shape index (κ3) is 4.96. The lowest BCUT2D eigenvalue weighted by Crippen LogP contribution is -2.28. The second-order valence-corrected chi connectivity index (χ2v) is 6.19. The molecule has 8 heteroatoms. The third-order valence-electron chi connectivity index (χ3n) is 3.71. The fraction of sp³-hybridized carbons (Fsp3) is 0.263. The SMILES string of the molecule is CCCNC(=O)Oc1nc(C)ccc1C(=O)Nc1c(C#N)ccc(Cl)c1C. The van der Waals surface area contributed by atoms with Crippen LogP contribution in [0.25, 0.3) is 0 Å². The topological polar surface area (TPSA) is 104 Å². The van der Waals surface area contributed by atoms with Crippen molar-refractivity contribution in [3.63, 3.8) is 0 Å². The first kappa shape index (κ1) is 20.2. The highest BCUT2D eigenvalue weighted by molar-refractivity contribution is 6.32. The van der Waals surface area contributed by atoms with Crippen LogP contribution in [0.3, 0.4) is 0 Å². The highest BCUT2D eigenvalue weighted by Crippen LogP contribution is 2.28. The van der Waals surface area contributed by atoms with Crippen molar-refractivity contribution in [3.8, 4) is 11.9 Å². The molecule has 2 N–H and O–H groups in total. The van der Waals surface area contributed by atoms with Gasteiger partial charge >= 0.3 is 6.09 Å². The number of nitrogens with zero attached hydrogens (tertiary/aromatic N) is 2. The van der Waals surface area contributed by atoms with E-state index in [1.807, 2.05) is 13.0 Å². The van der Waals surface area contributed by atoms with Gasteiger partial charge in [-0.2, -0.15) is 5.26 Å². The number of aromatic nitrogens is 1. The Hall–Kier alpha value is -3.11. The van der Waals surface area contributed by atoms with Gasteiger partial charge in [-0.05, 0) is 50.1 Å². The predicted octanol–water partition coefficient (Wildman–Crippen LogP) is 3.97. The van der Waals surface area contributed by atoms with Crippen LogP contribution >= 0.6 is 11.6 Å². The molecule has 0 saturated carbocycles. The summed E-state index contributed by atoms with van der Waals surface area (Å²) in [6.07, 6.45) is 0.0509. The molecule has 7 nitrogen and oxygen atoms in total. The van der Waals surface area contributed by atoms with Crippen LogP contribution in [0, 0.1) is 25.2 Å². The lowest BCUT2D eigenvalue weighted by atomic mass is 10.1. The average molecular weight is 387 g/mol. The Kier molecular flexibility index (Phi) is 6.74. The molecule has 1 aromatic carbocycles. The molecule has 1 heterocycles. The van der Waals surface area contributed by atoms with Crippen LogP contribution in [0.15, 0.2) is 24.3 Å². The number of carbonyl (C=O) groups excluding carboxylic acids is 2. The minimum Gasteiger partial charge on any atom is -0.390 e. The Bertz CT molecular complexity index is 922. The number of rotatable bonds is 5. The number of anilines is 1. The van der Waals surface area contributed by atoms with Crippen LogP contribution < -0.4 is 15.4 Å². The molecule has 2 aromatic rings.